The highest BCUT2D eigenvalue weighted by Crippen LogP contribution is 2.39. The van der Waals surface area contributed by atoms with Crippen LogP contribution in [0, 0.1) is 12.3 Å². The summed E-state index contributed by atoms with van der Waals surface area (Å²) in [4.78, 5) is 37.5. The van der Waals surface area contributed by atoms with Gasteiger partial charge in [0.1, 0.15) is 23.7 Å². The van der Waals surface area contributed by atoms with E-state index in [4.69, 9.17) is 19.9 Å². The van der Waals surface area contributed by atoms with Crippen molar-refractivity contribution < 1.29 is 19.4 Å². The molecule has 2 N–H and O–H groups in total. The maximum absolute atomic E-state index is 13.5. The van der Waals surface area contributed by atoms with Crippen LogP contribution in [-0.2, 0) is 6.54 Å². The molecule has 45 heavy (non-hydrogen) atoms. The second-order valence-corrected chi connectivity index (χ2v) is 12.5. The van der Waals surface area contributed by atoms with Gasteiger partial charge in [0.2, 0.25) is 0 Å². The first-order valence-electron chi connectivity index (χ1n) is 15.2. The fraction of sp³-hybridized carbons (Fsp3) is 0.364. The summed E-state index contributed by atoms with van der Waals surface area (Å²) in [5.41, 5.74) is 5.57. The molecule has 12 heteroatoms. The first kappa shape index (κ1) is 28.8. The first-order valence-corrected chi connectivity index (χ1v) is 15.2. The number of aromatic nitrogens is 5. The number of aryl methyl sites for hydroxylation is 1. The van der Waals surface area contributed by atoms with Crippen molar-refractivity contribution in [3.8, 4) is 5.75 Å². The van der Waals surface area contributed by atoms with Gasteiger partial charge >= 0.3 is 6.09 Å². The Morgan fingerprint density at radius 1 is 1.09 bits per heavy atom. The van der Waals surface area contributed by atoms with Gasteiger partial charge in [0.15, 0.2) is 0 Å². The van der Waals surface area contributed by atoms with Gasteiger partial charge in [0, 0.05) is 61.5 Å². The largest absolute Gasteiger partial charge is 0.492 e. The van der Waals surface area contributed by atoms with E-state index >= 15 is 0 Å². The Hall–Kier alpha value is -4.97. The van der Waals surface area contributed by atoms with E-state index in [-0.39, 0.29) is 11.3 Å². The molecular formula is C33H36N8O4. The van der Waals surface area contributed by atoms with Crippen molar-refractivity contribution in [2.24, 2.45) is 5.41 Å². The zero-order valence-corrected chi connectivity index (χ0v) is 25.6. The molecule has 2 saturated heterocycles. The molecule has 1 spiro atoms. The van der Waals surface area contributed by atoms with Gasteiger partial charge in [-0.3, -0.25) is 23.8 Å². The number of nitrogens with one attached hydrogen (secondary N) is 1. The van der Waals surface area contributed by atoms with E-state index < -0.39 is 6.09 Å². The molecule has 5 aromatic rings. The van der Waals surface area contributed by atoms with Crippen LogP contribution in [0.2, 0.25) is 0 Å². The third-order valence-electron chi connectivity index (χ3n) is 8.77. The molecule has 7 rings (SSSR count). The van der Waals surface area contributed by atoms with Gasteiger partial charge in [-0.05, 0) is 43.2 Å². The van der Waals surface area contributed by atoms with Crippen LogP contribution in [-0.4, -0.2) is 90.4 Å². The number of rotatable bonds is 9. The van der Waals surface area contributed by atoms with Crippen molar-refractivity contribution in [3.05, 3.63) is 83.7 Å². The third kappa shape index (κ3) is 5.46. The predicted octanol–water partition coefficient (Wildman–Crippen LogP) is 4.49. The lowest BCUT2D eigenvalue weighted by atomic mass is 9.73. The number of carboxylic acid groups (broad SMARTS) is 1. The second-order valence-electron chi connectivity index (χ2n) is 12.5. The fourth-order valence-corrected chi connectivity index (χ4v) is 6.56. The normalized spacial score (nSPS) is 15.9. The average molecular weight is 609 g/mol. The maximum atomic E-state index is 13.5. The minimum absolute atomic E-state index is 0.131. The van der Waals surface area contributed by atoms with E-state index in [0.29, 0.717) is 54.9 Å². The number of carbonyl (C=O) groups is 2. The molecule has 0 aliphatic carbocycles. The van der Waals surface area contributed by atoms with Crippen molar-refractivity contribution in [1.29, 1.82) is 0 Å². The number of benzene rings is 1. The number of likely N-dealkylation sites (tertiary alicyclic amines) is 2. The summed E-state index contributed by atoms with van der Waals surface area (Å²) in [6.07, 6.45) is 2.52. The zero-order chi connectivity index (χ0) is 31.3. The Morgan fingerprint density at radius 2 is 1.89 bits per heavy atom. The molecule has 6 heterocycles. The molecule has 0 atom stereocenters. The van der Waals surface area contributed by atoms with E-state index in [2.05, 4.69) is 29.0 Å². The van der Waals surface area contributed by atoms with Gasteiger partial charge in [0.05, 0.1) is 35.3 Å². The van der Waals surface area contributed by atoms with Crippen LogP contribution in [0.1, 0.15) is 47.3 Å². The second kappa shape index (κ2) is 11.2. The van der Waals surface area contributed by atoms with Gasteiger partial charge in [-0.15, -0.1) is 0 Å². The smallest absolute Gasteiger partial charge is 0.407 e. The number of nitrogens with zero attached hydrogens (tertiary/aromatic N) is 7. The predicted molar refractivity (Wildman–Crippen MR) is 169 cm³/mol. The van der Waals surface area contributed by atoms with E-state index in [0.717, 1.165) is 47.6 Å². The number of anilines is 1. The minimum atomic E-state index is -0.838. The minimum Gasteiger partial charge on any atom is -0.492 e. The number of pyridine rings is 2. The lowest BCUT2D eigenvalue weighted by molar-refractivity contribution is -0.103. The van der Waals surface area contributed by atoms with Crippen LogP contribution in [0.25, 0.3) is 16.6 Å². The van der Waals surface area contributed by atoms with Gasteiger partial charge in [-0.1, -0.05) is 26.0 Å². The Bertz CT molecular complexity index is 1910. The van der Waals surface area contributed by atoms with Gasteiger partial charge in [0.25, 0.3) is 5.91 Å². The third-order valence-corrected chi connectivity index (χ3v) is 8.77. The maximum Gasteiger partial charge on any atom is 0.407 e. The Kier molecular flexibility index (Phi) is 7.16. The number of ether oxygens (including phenoxy) is 1. The topological polar surface area (TPSA) is 130 Å². The standard InChI is InChI=1S/C33H36N8O4/c1-21(2)25-7-4-6-23(35-25)16-41-27-9-5-8-26(30(27)22(3)37-41)36-31(42)28-15-34-29-14-24(10-11-40(28)29)45-13-12-38-17-33(18-38)19-39(20-33)32(43)44/h4-11,14-15,21H,12-13,16-20H2,1-3H3,(H,36,42)(H,43,44). The molecule has 0 saturated carbocycles. The van der Waals surface area contributed by atoms with Crippen LogP contribution >= 0.6 is 0 Å². The number of imidazole rings is 1. The van der Waals surface area contributed by atoms with Crippen LogP contribution < -0.4 is 10.1 Å². The van der Waals surface area contributed by atoms with Crippen molar-refractivity contribution >= 4 is 34.2 Å². The molecule has 1 aromatic carbocycles. The molecule has 0 radical (unpaired) electrons. The summed E-state index contributed by atoms with van der Waals surface area (Å²) < 4.78 is 9.65. The molecule has 2 aliphatic rings. The Morgan fingerprint density at radius 3 is 2.67 bits per heavy atom. The van der Waals surface area contributed by atoms with Crippen molar-refractivity contribution in [3.63, 3.8) is 0 Å². The van der Waals surface area contributed by atoms with Gasteiger partial charge < -0.3 is 20.1 Å². The molecule has 4 aromatic heterocycles. The van der Waals surface area contributed by atoms with Gasteiger partial charge in [-0.25, -0.2) is 9.78 Å². The van der Waals surface area contributed by atoms with Gasteiger partial charge in [-0.2, -0.15) is 5.10 Å². The average Bonchev–Trinajstić information content (AvgIpc) is 3.54. The highest BCUT2D eigenvalue weighted by molar-refractivity contribution is 6.08. The summed E-state index contributed by atoms with van der Waals surface area (Å²) >= 11 is 0. The van der Waals surface area contributed by atoms with E-state index in [1.165, 1.54) is 4.90 Å². The quantitative estimate of drug-likeness (QED) is 0.251. The number of fused-ring (bicyclic) bond motifs is 2. The number of carbonyl (C=O) groups excluding carboxylic acids is 1. The molecule has 2 aliphatic heterocycles. The monoisotopic (exact) mass is 608 g/mol. The molecule has 2 amide bonds. The number of amides is 2. The SMILES string of the molecule is Cc1nn(Cc2cccc(C(C)C)n2)c2cccc(NC(=O)c3cnc4cc(OCCN5CC6(C5)CN(C(=O)O)C6)ccn34)c12. The Balaban J connectivity index is 0.997. The van der Waals surface area contributed by atoms with Crippen molar-refractivity contribution in [1.82, 2.24) is 33.9 Å². The molecule has 0 unspecified atom stereocenters. The van der Waals surface area contributed by atoms with E-state index in [1.54, 1.807) is 16.8 Å². The summed E-state index contributed by atoms with van der Waals surface area (Å²) in [5.74, 6) is 0.747. The lowest BCUT2D eigenvalue weighted by Crippen LogP contribution is -2.72. The fourth-order valence-electron chi connectivity index (χ4n) is 6.56. The van der Waals surface area contributed by atoms with Crippen molar-refractivity contribution in [2.75, 3.05) is 44.6 Å². The van der Waals surface area contributed by atoms with Crippen LogP contribution in [0.3, 0.4) is 0 Å². The molecule has 2 fully saturated rings. The van der Waals surface area contributed by atoms with Crippen LogP contribution in [0.5, 0.6) is 5.75 Å². The molecule has 0 bridgehead atoms. The van der Waals surface area contributed by atoms with E-state index in [9.17, 15) is 9.59 Å². The summed E-state index contributed by atoms with van der Waals surface area (Å²) in [6.45, 7) is 11.1. The van der Waals surface area contributed by atoms with Crippen LogP contribution in [0.4, 0.5) is 10.5 Å². The van der Waals surface area contributed by atoms with Crippen molar-refractivity contribution in [2.45, 2.75) is 33.2 Å². The summed E-state index contributed by atoms with van der Waals surface area (Å²) in [6, 6.07) is 15.5. The molecule has 232 valence electrons. The Labute approximate surface area is 260 Å². The lowest BCUT2D eigenvalue weighted by Gasteiger charge is -2.59. The van der Waals surface area contributed by atoms with E-state index in [1.807, 2.05) is 60.1 Å². The summed E-state index contributed by atoms with van der Waals surface area (Å²) in [5, 5.41) is 17.8. The molecular weight excluding hydrogens is 572 g/mol. The summed E-state index contributed by atoms with van der Waals surface area (Å²) in [7, 11) is 0. The highest BCUT2D eigenvalue weighted by Gasteiger charge is 2.52. The molecule has 12 nitrogen and oxygen atoms in total. The zero-order valence-electron chi connectivity index (χ0n) is 25.6. The number of hydrogen-bond acceptors (Lipinski definition) is 7. The van der Waals surface area contributed by atoms with Crippen LogP contribution in [0.15, 0.2) is 60.9 Å². The first-order chi connectivity index (χ1) is 21.7. The highest BCUT2D eigenvalue weighted by atomic mass is 16.5. The number of hydrogen-bond donors (Lipinski definition) is 2.